The van der Waals surface area contributed by atoms with Crippen LogP contribution in [-0.4, -0.2) is 53.1 Å². The maximum Gasteiger partial charge on any atom is 0.320 e. The minimum atomic E-state index is -0.782. The molecule has 1 atom stereocenters. The summed E-state index contributed by atoms with van der Waals surface area (Å²) >= 11 is 0. The fourth-order valence-corrected chi connectivity index (χ4v) is 2.75. The second-order valence-electron chi connectivity index (χ2n) is 8.58. The molecule has 4 N–H and O–H groups in total. The van der Waals surface area contributed by atoms with Crippen molar-refractivity contribution in [3.63, 3.8) is 0 Å². The number of likely N-dealkylation sites (N-methyl/N-ethyl adjacent to an activating group) is 1. The summed E-state index contributed by atoms with van der Waals surface area (Å²) < 4.78 is 0. The number of primary amides is 1. The molecular weight excluding hydrogens is 408 g/mol. The van der Waals surface area contributed by atoms with Gasteiger partial charge in [0.15, 0.2) is 0 Å². The lowest BCUT2D eigenvalue weighted by Crippen LogP contribution is -2.32. The zero-order valence-electron chi connectivity index (χ0n) is 21.5. The maximum absolute atomic E-state index is 10.5. The monoisotopic (exact) mass is 460 g/mol. The Balaban J connectivity index is -0.000000492. The van der Waals surface area contributed by atoms with Crippen LogP contribution in [0.5, 0.6) is 0 Å². The Kier molecular flexibility index (Phi) is 29.9. The van der Waals surface area contributed by atoms with Crippen LogP contribution in [0.15, 0.2) is 0 Å². The van der Waals surface area contributed by atoms with Gasteiger partial charge in [-0.25, -0.2) is 0 Å². The van der Waals surface area contributed by atoms with Gasteiger partial charge in [-0.1, -0.05) is 90.9 Å². The van der Waals surface area contributed by atoms with Gasteiger partial charge >= 0.3 is 11.9 Å². The topological polar surface area (TPSA) is 121 Å². The predicted molar refractivity (Wildman–Crippen MR) is 133 cm³/mol. The fourth-order valence-electron chi connectivity index (χ4n) is 2.75. The average molecular weight is 461 g/mol. The molecule has 0 aliphatic rings. The number of unbranched alkanes of at least 4 members (excludes halogenated alkanes) is 12. The summed E-state index contributed by atoms with van der Waals surface area (Å²) in [5.74, 6) is -1.65. The van der Waals surface area contributed by atoms with Gasteiger partial charge in [-0.05, 0) is 33.9 Å². The van der Waals surface area contributed by atoms with E-state index in [-0.39, 0.29) is 11.9 Å². The number of aliphatic carboxylic acids is 2. The minimum absolute atomic E-state index is 0.155. The predicted octanol–water partition coefficient (Wildman–Crippen LogP) is 5.85. The number of carboxylic acids is 2. The lowest BCUT2D eigenvalue weighted by atomic mass is 10.0. The van der Waals surface area contributed by atoms with Crippen molar-refractivity contribution < 1.29 is 24.6 Å². The molecule has 192 valence electrons. The molecule has 0 aromatic heterocycles. The Hall–Kier alpha value is -1.63. The van der Waals surface area contributed by atoms with Crippen LogP contribution in [0.4, 0.5) is 0 Å². The number of hydrogen-bond acceptors (Lipinski definition) is 4. The molecule has 0 aliphatic heterocycles. The lowest BCUT2D eigenvalue weighted by molar-refractivity contribution is -0.141. The van der Waals surface area contributed by atoms with Crippen LogP contribution in [0.3, 0.4) is 0 Å². The Bertz CT molecular complexity index is 442. The van der Waals surface area contributed by atoms with Crippen LogP contribution in [0.25, 0.3) is 0 Å². The van der Waals surface area contributed by atoms with Crippen molar-refractivity contribution in [2.45, 2.75) is 130 Å². The number of carbonyl (C=O) groups is 3. The Morgan fingerprint density at radius 3 is 1.25 bits per heavy atom. The van der Waals surface area contributed by atoms with Crippen molar-refractivity contribution >= 4 is 17.8 Å². The summed E-state index contributed by atoms with van der Waals surface area (Å²) in [6.07, 6.45) is 19.0. The summed E-state index contributed by atoms with van der Waals surface area (Å²) in [5.41, 5.74) is 5.09. The molecule has 0 spiro atoms. The van der Waals surface area contributed by atoms with E-state index in [1.807, 2.05) is 6.92 Å². The summed E-state index contributed by atoms with van der Waals surface area (Å²) in [6.45, 7) is 5.75. The summed E-state index contributed by atoms with van der Waals surface area (Å²) in [5, 5.41) is 16.2. The molecular formula is C25H52N2O5. The van der Waals surface area contributed by atoms with E-state index >= 15 is 0 Å². The van der Waals surface area contributed by atoms with Crippen LogP contribution < -0.4 is 5.73 Å². The number of rotatable bonds is 18. The number of amides is 1. The molecule has 1 unspecified atom stereocenters. The molecule has 32 heavy (non-hydrogen) atoms. The molecule has 0 fully saturated rings. The molecule has 0 rings (SSSR count). The third-order valence-corrected chi connectivity index (χ3v) is 5.12. The highest BCUT2D eigenvalue weighted by Gasteiger charge is 2.11. The van der Waals surface area contributed by atoms with Gasteiger partial charge in [0.1, 0.15) is 6.04 Å². The Morgan fingerprint density at radius 2 is 1.06 bits per heavy atom. The standard InChI is InChI=1S/C16H33NO.C5H11NO2.C4H8O2/c1-2-3-4-5-6-7-8-9-10-11-12-13-14-15-16(17)18;1-4(5(7)8)6(2)3;1-2-3-4(5)6/h2-15H2,1H3,(H2,17,18);4H,1-3H3,(H,7,8);2-3H2,1H3,(H,5,6). The Morgan fingerprint density at radius 1 is 0.688 bits per heavy atom. The van der Waals surface area contributed by atoms with Crippen molar-refractivity contribution in [3.8, 4) is 0 Å². The maximum atomic E-state index is 10.5. The molecule has 1 amide bonds. The third kappa shape index (κ3) is 35.8. The van der Waals surface area contributed by atoms with Crippen LogP contribution in [-0.2, 0) is 14.4 Å². The first-order chi connectivity index (χ1) is 15.1. The van der Waals surface area contributed by atoms with E-state index in [2.05, 4.69) is 6.92 Å². The molecule has 0 aromatic rings. The van der Waals surface area contributed by atoms with Crippen molar-refractivity contribution in [2.75, 3.05) is 14.1 Å². The van der Waals surface area contributed by atoms with Gasteiger partial charge in [0.25, 0.3) is 0 Å². The molecule has 7 nitrogen and oxygen atoms in total. The zero-order valence-corrected chi connectivity index (χ0v) is 21.5. The van der Waals surface area contributed by atoms with Crippen molar-refractivity contribution in [1.29, 1.82) is 0 Å². The second kappa shape index (κ2) is 27.4. The largest absolute Gasteiger partial charge is 0.481 e. The normalized spacial score (nSPS) is 11.1. The summed E-state index contributed by atoms with van der Waals surface area (Å²) in [4.78, 5) is 31.9. The fraction of sp³-hybridized carbons (Fsp3) is 0.880. The SMILES string of the molecule is CC(C(=O)O)N(C)C.CCCC(=O)O.CCCCCCCCCCCCCCCC(N)=O. The quantitative estimate of drug-likeness (QED) is 0.221. The second-order valence-corrected chi connectivity index (χ2v) is 8.58. The molecule has 0 aromatic carbocycles. The van der Waals surface area contributed by atoms with Crippen molar-refractivity contribution in [2.24, 2.45) is 5.73 Å². The van der Waals surface area contributed by atoms with Crippen molar-refractivity contribution in [3.05, 3.63) is 0 Å². The smallest absolute Gasteiger partial charge is 0.320 e. The van der Waals surface area contributed by atoms with Crippen molar-refractivity contribution in [1.82, 2.24) is 4.90 Å². The number of nitrogens with zero attached hydrogens (tertiary/aromatic N) is 1. The van der Waals surface area contributed by atoms with E-state index in [1.165, 1.54) is 77.0 Å². The average Bonchev–Trinajstić information content (AvgIpc) is 2.71. The number of carbonyl (C=O) groups excluding carboxylic acids is 1. The van der Waals surface area contributed by atoms with E-state index < -0.39 is 11.9 Å². The lowest BCUT2D eigenvalue weighted by Gasteiger charge is -2.13. The first kappa shape index (κ1) is 35.0. The van der Waals surface area contributed by atoms with Gasteiger partial charge in [0.2, 0.25) is 5.91 Å². The van der Waals surface area contributed by atoms with E-state index in [0.29, 0.717) is 12.8 Å². The highest BCUT2D eigenvalue weighted by molar-refractivity contribution is 5.73. The van der Waals surface area contributed by atoms with Gasteiger partial charge in [0.05, 0.1) is 0 Å². The highest BCUT2D eigenvalue weighted by atomic mass is 16.4. The molecule has 0 heterocycles. The number of nitrogens with two attached hydrogens (primary N) is 1. The number of carboxylic acid groups (broad SMARTS) is 2. The van der Waals surface area contributed by atoms with Crippen LogP contribution in [0.2, 0.25) is 0 Å². The summed E-state index contributed by atoms with van der Waals surface area (Å²) in [6, 6.07) is -0.380. The van der Waals surface area contributed by atoms with Crippen LogP contribution in [0.1, 0.15) is 124 Å². The van der Waals surface area contributed by atoms with E-state index in [4.69, 9.17) is 15.9 Å². The van der Waals surface area contributed by atoms with E-state index in [0.717, 1.165) is 12.8 Å². The molecule has 0 aliphatic carbocycles. The first-order valence-corrected chi connectivity index (χ1v) is 12.5. The van der Waals surface area contributed by atoms with Crippen LogP contribution >= 0.6 is 0 Å². The molecule has 0 bridgehead atoms. The molecule has 0 saturated carbocycles. The van der Waals surface area contributed by atoms with E-state index in [9.17, 15) is 14.4 Å². The highest BCUT2D eigenvalue weighted by Crippen LogP contribution is 2.12. The number of hydrogen-bond donors (Lipinski definition) is 3. The third-order valence-electron chi connectivity index (χ3n) is 5.12. The van der Waals surface area contributed by atoms with Gasteiger partial charge in [-0.15, -0.1) is 0 Å². The summed E-state index contributed by atoms with van der Waals surface area (Å²) in [7, 11) is 3.47. The minimum Gasteiger partial charge on any atom is -0.481 e. The molecule has 0 radical (unpaired) electrons. The van der Waals surface area contributed by atoms with E-state index in [1.54, 1.807) is 25.9 Å². The molecule has 7 heteroatoms. The Labute approximate surface area is 197 Å². The molecule has 0 saturated heterocycles. The van der Waals surface area contributed by atoms with Crippen LogP contribution in [0, 0.1) is 0 Å². The van der Waals surface area contributed by atoms with Gasteiger partial charge in [0, 0.05) is 12.8 Å². The zero-order chi connectivity index (χ0) is 25.2. The van der Waals surface area contributed by atoms with Gasteiger partial charge in [-0.2, -0.15) is 0 Å². The first-order valence-electron chi connectivity index (χ1n) is 12.5. The van der Waals surface area contributed by atoms with Gasteiger partial charge in [-0.3, -0.25) is 19.3 Å². The van der Waals surface area contributed by atoms with Gasteiger partial charge < -0.3 is 15.9 Å².